The average Bonchev–Trinajstić information content (AvgIpc) is 2.88. The number of halogens is 3. The van der Waals surface area contributed by atoms with Crippen LogP contribution in [0.3, 0.4) is 0 Å². The van der Waals surface area contributed by atoms with E-state index >= 15 is 0 Å². The number of rotatable bonds is 5. The van der Waals surface area contributed by atoms with Crippen molar-refractivity contribution in [3.63, 3.8) is 0 Å². The van der Waals surface area contributed by atoms with E-state index in [0.717, 1.165) is 29.4 Å². The van der Waals surface area contributed by atoms with Crippen LogP contribution in [0.4, 0.5) is 18.2 Å². The molecular formula is C15H12F3N3O2S2. The third-order valence-electron chi connectivity index (χ3n) is 3.35. The van der Waals surface area contributed by atoms with Crippen molar-refractivity contribution in [3.8, 4) is 0 Å². The molecule has 3 N–H and O–H groups in total. The maximum absolute atomic E-state index is 13.7. The second kappa shape index (κ2) is 6.70. The van der Waals surface area contributed by atoms with E-state index < -0.39 is 36.6 Å². The van der Waals surface area contributed by atoms with E-state index in [2.05, 4.69) is 5.32 Å². The summed E-state index contributed by atoms with van der Waals surface area (Å²) in [5.41, 5.74) is 5.16. The summed E-state index contributed by atoms with van der Waals surface area (Å²) >= 11 is 2.07. The quantitative estimate of drug-likeness (QED) is 0.773. The van der Waals surface area contributed by atoms with Gasteiger partial charge in [0, 0.05) is 0 Å². The van der Waals surface area contributed by atoms with Gasteiger partial charge >= 0.3 is 0 Å². The molecule has 1 saturated heterocycles. The number of hydrogen-bond donors (Lipinski definition) is 2. The molecular weight excluding hydrogens is 375 g/mol. The first-order chi connectivity index (χ1) is 11.7. The topological polar surface area (TPSA) is 75.4 Å². The molecule has 1 aliphatic heterocycles. The number of nitrogens with one attached hydrogen (secondary N) is 1. The average molecular weight is 387 g/mol. The van der Waals surface area contributed by atoms with Crippen molar-refractivity contribution in [2.75, 3.05) is 18.4 Å². The zero-order valence-electron chi connectivity index (χ0n) is 12.6. The maximum Gasteiger partial charge on any atom is 0.274 e. The van der Waals surface area contributed by atoms with Gasteiger partial charge in [-0.25, -0.2) is 17.5 Å². The summed E-state index contributed by atoms with van der Waals surface area (Å²) in [6.07, 6.45) is 0. The molecule has 0 saturated carbocycles. The zero-order chi connectivity index (χ0) is 18.2. The van der Waals surface area contributed by atoms with E-state index in [1.54, 1.807) is 0 Å². The van der Waals surface area contributed by atoms with Crippen LogP contribution in [0.5, 0.6) is 0 Å². The summed E-state index contributed by atoms with van der Waals surface area (Å²) in [6.45, 7) is -0.781. The number of hydrogen-bond acceptors (Lipinski definition) is 5. The highest BCUT2D eigenvalue weighted by Crippen LogP contribution is 2.41. The number of carbonyl (C=O) groups excluding carboxylic acids is 2. The largest absolute Gasteiger partial charge is 0.366 e. The Morgan fingerprint density at radius 3 is 2.52 bits per heavy atom. The summed E-state index contributed by atoms with van der Waals surface area (Å²) < 4.78 is 41.4. The normalized spacial score (nSPS) is 16.3. The van der Waals surface area contributed by atoms with Crippen LogP contribution in [0.25, 0.3) is 0 Å². The Balaban J connectivity index is 1.77. The summed E-state index contributed by atoms with van der Waals surface area (Å²) in [6, 6.07) is 6.82. The van der Waals surface area contributed by atoms with Gasteiger partial charge in [-0.3, -0.25) is 9.59 Å². The Kier molecular flexibility index (Phi) is 4.76. The molecule has 0 unspecified atom stereocenters. The van der Waals surface area contributed by atoms with Crippen molar-refractivity contribution < 1.29 is 22.8 Å². The van der Waals surface area contributed by atoms with Crippen LogP contribution in [0.15, 0.2) is 34.5 Å². The Labute approximate surface area is 149 Å². The van der Waals surface area contributed by atoms with Gasteiger partial charge in [0.2, 0.25) is 0 Å². The molecule has 2 heterocycles. The van der Waals surface area contributed by atoms with Crippen LogP contribution in [-0.4, -0.2) is 35.1 Å². The van der Waals surface area contributed by atoms with E-state index in [1.807, 2.05) is 0 Å². The third kappa shape index (κ3) is 3.97. The fourth-order valence-electron chi connectivity index (χ4n) is 2.17. The van der Waals surface area contributed by atoms with E-state index in [9.17, 15) is 22.8 Å². The molecule has 10 heteroatoms. The van der Waals surface area contributed by atoms with E-state index in [0.29, 0.717) is 4.21 Å². The first kappa shape index (κ1) is 17.8. The number of carbonyl (C=O) groups is 2. The molecule has 0 radical (unpaired) electrons. The lowest BCUT2D eigenvalue weighted by Gasteiger charge is -2.36. The molecule has 25 heavy (non-hydrogen) atoms. The molecule has 2 aromatic rings. The van der Waals surface area contributed by atoms with Crippen molar-refractivity contribution in [2.45, 2.75) is 10.1 Å². The fourth-order valence-corrected chi connectivity index (χ4v) is 4.60. The lowest BCUT2D eigenvalue weighted by Crippen LogP contribution is -2.52. The number of alkyl halides is 2. The number of thiophene rings is 1. The number of primary amides is 1. The second-order valence-electron chi connectivity index (χ2n) is 5.35. The van der Waals surface area contributed by atoms with E-state index in [-0.39, 0.29) is 16.1 Å². The summed E-state index contributed by atoms with van der Waals surface area (Å²) in [4.78, 5) is 23.7. The molecule has 1 aliphatic rings. The van der Waals surface area contributed by atoms with Gasteiger partial charge in [-0.2, -0.15) is 0 Å². The van der Waals surface area contributed by atoms with Gasteiger partial charge in [0.15, 0.2) is 0 Å². The molecule has 5 nitrogen and oxygen atoms in total. The molecule has 1 fully saturated rings. The highest BCUT2D eigenvalue weighted by molar-refractivity contribution is 7.99. The van der Waals surface area contributed by atoms with Gasteiger partial charge in [0.05, 0.1) is 28.4 Å². The first-order valence-corrected chi connectivity index (χ1v) is 8.64. The smallest absolute Gasteiger partial charge is 0.274 e. The van der Waals surface area contributed by atoms with Crippen molar-refractivity contribution in [1.82, 2.24) is 4.31 Å². The van der Waals surface area contributed by atoms with Crippen molar-refractivity contribution in [3.05, 3.63) is 47.3 Å². The monoisotopic (exact) mass is 387 g/mol. The molecule has 0 spiro atoms. The van der Waals surface area contributed by atoms with Crippen LogP contribution in [0.2, 0.25) is 0 Å². The van der Waals surface area contributed by atoms with Crippen molar-refractivity contribution in [1.29, 1.82) is 0 Å². The molecule has 0 aliphatic carbocycles. The van der Waals surface area contributed by atoms with Gasteiger partial charge in [-0.1, -0.05) is 12.1 Å². The number of nitrogens with two attached hydrogens (primary N) is 1. The number of nitrogens with zero attached hydrogens (tertiary/aromatic N) is 1. The Morgan fingerprint density at radius 2 is 1.92 bits per heavy atom. The number of amides is 2. The predicted octanol–water partition coefficient (Wildman–Crippen LogP) is 3.20. The van der Waals surface area contributed by atoms with Gasteiger partial charge < -0.3 is 11.1 Å². The van der Waals surface area contributed by atoms with Crippen molar-refractivity contribution in [2.24, 2.45) is 5.73 Å². The van der Waals surface area contributed by atoms with Crippen LogP contribution < -0.4 is 11.1 Å². The number of anilines is 1. The molecule has 0 atom stereocenters. The Hall–Kier alpha value is -2.04. The van der Waals surface area contributed by atoms with Crippen LogP contribution in [0, 0.1) is 5.82 Å². The first-order valence-electron chi connectivity index (χ1n) is 7.05. The second-order valence-corrected chi connectivity index (χ2v) is 7.80. The standard InChI is InChI=1S/C15H12F3N3O2S2/c16-10-4-2-1-3-8(10)13(23)20-14-9(12(19)22)5-11(24-14)25-21-6-15(17,18)7-21/h1-5H,6-7H2,(H2,19,22)(H,20,23). The SMILES string of the molecule is NC(=O)c1cc(SN2CC(F)(F)C2)sc1NC(=O)c1ccccc1F. The molecule has 1 aromatic heterocycles. The molecule has 132 valence electrons. The molecule has 0 bridgehead atoms. The Morgan fingerprint density at radius 1 is 1.24 bits per heavy atom. The predicted molar refractivity (Wildman–Crippen MR) is 89.6 cm³/mol. The van der Waals surface area contributed by atoms with Gasteiger partial charge in [-0.05, 0) is 30.1 Å². The van der Waals surface area contributed by atoms with Crippen molar-refractivity contribution >= 4 is 40.1 Å². The molecule has 2 amide bonds. The highest BCUT2D eigenvalue weighted by atomic mass is 32.2. The zero-order valence-corrected chi connectivity index (χ0v) is 14.2. The van der Waals surface area contributed by atoms with Crippen LogP contribution in [-0.2, 0) is 0 Å². The molecule has 1 aromatic carbocycles. The van der Waals surface area contributed by atoms with Gasteiger partial charge in [0.1, 0.15) is 10.8 Å². The lowest BCUT2D eigenvalue weighted by molar-refractivity contribution is -0.0904. The third-order valence-corrected chi connectivity index (χ3v) is 5.49. The highest BCUT2D eigenvalue weighted by Gasteiger charge is 2.44. The van der Waals surface area contributed by atoms with Crippen LogP contribution in [0.1, 0.15) is 20.7 Å². The summed E-state index contributed by atoms with van der Waals surface area (Å²) in [5, 5.41) is 2.60. The fraction of sp³-hybridized carbons (Fsp3) is 0.200. The summed E-state index contributed by atoms with van der Waals surface area (Å²) in [7, 11) is 0. The van der Waals surface area contributed by atoms with Crippen LogP contribution >= 0.6 is 23.3 Å². The minimum absolute atomic E-state index is 0.0458. The maximum atomic E-state index is 13.7. The van der Waals surface area contributed by atoms with E-state index in [4.69, 9.17) is 5.73 Å². The minimum Gasteiger partial charge on any atom is -0.366 e. The van der Waals surface area contributed by atoms with Gasteiger partial charge in [-0.15, -0.1) is 11.3 Å². The Bertz CT molecular complexity index is 833. The minimum atomic E-state index is -2.71. The summed E-state index contributed by atoms with van der Waals surface area (Å²) in [5.74, 6) is -4.91. The van der Waals surface area contributed by atoms with Gasteiger partial charge in [0.25, 0.3) is 17.7 Å². The lowest BCUT2D eigenvalue weighted by atomic mass is 10.2. The van der Waals surface area contributed by atoms with E-state index in [1.165, 1.54) is 28.6 Å². The number of benzene rings is 1. The molecule has 3 rings (SSSR count).